The molecular weight excluding hydrogens is 404 g/mol. The highest BCUT2D eigenvalue weighted by Crippen LogP contribution is 2.52. The summed E-state index contributed by atoms with van der Waals surface area (Å²) in [5.41, 5.74) is -3.06. The van der Waals surface area contributed by atoms with Crippen LogP contribution in [0.5, 0.6) is 0 Å². The van der Waals surface area contributed by atoms with Gasteiger partial charge < -0.3 is 29.0 Å². The molecule has 4 atom stereocenters. The zero-order chi connectivity index (χ0) is 21.2. The number of amides is 3. The average molecular weight is 430 g/mol. The molecule has 0 aliphatic carbocycles. The monoisotopic (exact) mass is 430 g/mol. The molecule has 0 aromatic carbocycles. The molecule has 0 saturated carbocycles. The van der Waals surface area contributed by atoms with E-state index in [0.717, 1.165) is 16.7 Å². The maximum absolute atomic E-state index is 12.4. The molecule has 5 saturated heterocycles. The molecule has 5 rings (SSSR count). The number of fused-ring (bicyclic) bond motifs is 2. The molecule has 0 aromatic heterocycles. The van der Waals surface area contributed by atoms with Gasteiger partial charge >= 0.3 is 6.09 Å². The standard InChI is InChI=1S/C18H26N2O8S/c1-15(2,3)28-13(22)19-7-17-8-25-18(9-24-17,20-10(21)6-29-14(20)23)12-11(17)26-16(4,5)27-12/h11-12H,6-9H2,1-5H3,(H,19,22). The van der Waals surface area contributed by atoms with E-state index in [1.807, 2.05) is 0 Å². The molecule has 11 heteroatoms. The molecule has 0 spiro atoms. The summed E-state index contributed by atoms with van der Waals surface area (Å²) in [5, 5.41) is 2.32. The number of rotatable bonds is 3. The Kier molecular flexibility index (Phi) is 4.71. The van der Waals surface area contributed by atoms with Crippen molar-refractivity contribution in [2.45, 2.75) is 69.5 Å². The Hall–Kier alpha value is -1.40. The summed E-state index contributed by atoms with van der Waals surface area (Å²) in [6.07, 6.45) is -1.98. The third kappa shape index (κ3) is 3.42. The van der Waals surface area contributed by atoms with Crippen molar-refractivity contribution in [3.05, 3.63) is 0 Å². The van der Waals surface area contributed by atoms with Crippen molar-refractivity contribution >= 4 is 29.0 Å². The number of alkyl carbamates (subject to hydrolysis) is 1. The number of hydrogen-bond donors (Lipinski definition) is 1. The molecule has 162 valence electrons. The Morgan fingerprint density at radius 3 is 2.45 bits per heavy atom. The molecule has 2 bridgehead atoms. The Labute approximate surface area is 172 Å². The highest BCUT2D eigenvalue weighted by Gasteiger charge is 2.73. The van der Waals surface area contributed by atoms with Crippen molar-refractivity contribution in [1.82, 2.24) is 10.2 Å². The third-order valence-corrected chi connectivity index (χ3v) is 6.07. The predicted octanol–water partition coefficient (Wildman–Crippen LogP) is 1.22. The maximum atomic E-state index is 12.4. The van der Waals surface area contributed by atoms with Crippen molar-refractivity contribution in [2.75, 3.05) is 25.5 Å². The molecule has 5 aliphatic rings. The lowest BCUT2D eigenvalue weighted by Gasteiger charge is -2.58. The van der Waals surface area contributed by atoms with Gasteiger partial charge in [-0.15, -0.1) is 0 Å². The first kappa shape index (κ1) is 20.9. The van der Waals surface area contributed by atoms with Crippen molar-refractivity contribution in [3.63, 3.8) is 0 Å². The summed E-state index contributed by atoms with van der Waals surface area (Å²) >= 11 is 0.923. The number of imide groups is 1. The zero-order valence-electron chi connectivity index (χ0n) is 17.1. The Morgan fingerprint density at radius 1 is 1.21 bits per heavy atom. The molecule has 0 aromatic rings. The molecule has 1 N–H and O–H groups in total. The molecule has 10 nitrogen and oxygen atoms in total. The van der Waals surface area contributed by atoms with Gasteiger partial charge in [0.15, 0.2) is 5.79 Å². The zero-order valence-corrected chi connectivity index (χ0v) is 17.9. The maximum Gasteiger partial charge on any atom is 0.407 e. The summed E-state index contributed by atoms with van der Waals surface area (Å²) < 4.78 is 29.7. The molecule has 5 aliphatic heterocycles. The number of hydrogen-bond acceptors (Lipinski definition) is 9. The van der Waals surface area contributed by atoms with Crippen molar-refractivity contribution in [3.8, 4) is 0 Å². The van der Waals surface area contributed by atoms with E-state index >= 15 is 0 Å². The second-order valence-corrected chi connectivity index (χ2v) is 10.0. The molecular formula is C18H26N2O8S. The number of nitrogens with zero attached hydrogens (tertiary/aromatic N) is 1. The summed E-state index contributed by atoms with van der Waals surface area (Å²) in [7, 11) is 0. The number of nitrogens with one attached hydrogen (secondary N) is 1. The molecule has 5 fully saturated rings. The average Bonchev–Trinajstić information content (AvgIpc) is 3.12. The number of ether oxygens (including phenoxy) is 5. The summed E-state index contributed by atoms with van der Waals surface area (Å²) in [6, 6.07) is 0. The second-order valence-electron chi connectivity index (χ2n) is 9.10. The molecule has 29 heavy (non-hydrogen) atoms. The SMILES string of the molecule is CC(C)(C)OC(=O)NCC12COC(N3C(=O)CSC3=O)(CO1)C1OC(C)(C)OC12. The lowest BCUT2D eigenvalue weighted by molar-refractivity contribution is -0.355. The largest absolute Gasteiger partial charge is 0.444 e. The van der Waals surface area contributed by atoms with Crippen LogP contribution in [0.1, 0.15) is 34.6 Å². The fourth-order valence-electron chi connectivity index (χ4n) is 4.10. The van der Waals surface area contributed by atoms with Crippen LogP contribution in [0.4, 0.5) is 9.59 Å². The number of carbonyl (C=O) groups excluding carboxylic acids is 3. The van der Waals surface area contributed by atoms with Gasteiger partial charge in [0.2, 0.25) is 11.6 Å². The van der Waals surface area contributed by atoms with Crippen LogP contribution < -0.4 is 5.32 Å². The Bertz CT molecular complexity index is 725. The third-order valence-electron chi connectivity index (χ3n) is 5.25. The van der Waals surface area contributed by atoms with Gasteiger partial charge in [-0.05, 0) is 34.6 Å². The first-order chi connectivity index (χ1) is 13.4. The van der Waals surface area contributed by atoms with Crippen molar-refractivity contribution in [1.29, 1.82) is 0 Å². The van der Waals surface area contributed by atoms with E-state index in [1.54, 1.807) is 34.6 Å². The van der Waals surface area contributed by atoms with Gasteiger partial charge in [0, 0.05) is 0 Å². The van der Waals surface area contributed by atoms with Gasteiger partial charge in [0.1, 0.15) is 23.4 Å². The predicted molar refractivity (Wildman–Crippen MR) is 100 cm³/mol. The fourth-order valence-corrected chi connectivity index (χ4v) is 4.86. The van der Waals surface area contributed by atoms with Crippen LogP contribution in [-0.2, 0) is 28.5 Å². The molecule has 3 amide bonds. The first-order valence-electron chi connectivity index (χ1n) is 9.48. The Balaban J connectivity index is 1.59. The smallest absolute Gasteiger partial charge is 0.407 e. The van der Waals surface area contributed by atoms with Crippen LogP contribution in [0.2, 0.25) is 0 Å². The number of thioether (sulfide) groups is 1. The minimum absolute atomic E-state index is 0.0190. The molecule has 4 unspecified atom stereocenters. The summed E-state index contributed by atoms with van der Waals surface area (Å²) in [4.78, 5) is 38.1. The lowest BCUT2D eigenvalue weighted by atomic mass is 9.81. The van der Waals surface area contributed by atoms with Gasteiger partial charge in [-0.1, -0.05) is 11.8 Å². The van der Waals surface area contributed by atoms with E-state index in [1.165, 1.54) is 0 Å². The molecule has 5 heterocycles. The topological polar surface area (TPSA) is 113 Å². The van der Waals surface area contributed by atoms with Crippen LogP contribution >= 0.6 is 11.8 Å². The van der Waals surface area contributed by atoms with E-state index in [0.29, 0.717) is 0 Å². The molecule has 0 radical (unpaired) electrons. The summed E-state index contributed by atoms with van der Waals surface area (Å²) in [6.45, 7) is 8.82. The summed E-state index contributed by atoms with van der Waals surface area (Å²) in [5.74, 6) is -1.27. The van der Waals surface area contributed by atoms with Crippen LogP contribution in [0.3, 0.4) is 0 Å². The van der Waals surface area contributed by atoms with Crippen molar-refractivity contribution in [2.24, 2.45) is 0 Å². The first-order valence-corrected chi connectivity index (χ1v) is 10.5. The Morgan fingerprint density at radius 2 is 1.90 bits per heavy atom. The van der Waals surface area contributed by atoms with E-state index in [9.17, 15) is 14.4 Å². The van der Waals surface area contributed by atoms with E-state index in [4.69, 9.17) is 23.7 Å². The van der Waals surface area contributed by atoms with E-state index in [2.05, 4.69) is 5.32 Å². The minimum atomic E-state index is -1.39. The van der Waals surface area contributed by atoms with E-state index < -0.39 is 46.3 Å². The normalized spacial score (nSPS) is 38.3. The minimum Gasteiger partial charge on any atom is -0.444 e. The lowest BCUT2D eigenvalue weighted by Crippen LogP contribution is -2.80. The number of carbonyl (C=O) groups is 3. The van der Waals surface area contributed by atoms with Gasteiger partial charge in [-0.25, -0.2) is 9.69 Å². The highest BCUT2D eigenvalue weighted by molar-refractivity contribution is 8.14. The quantitative estimate of drug-likeness (QED) is 0.706. The van der Waals surface area contributed by atoms with Crippen LogP contribution in [0.15, 0.2) is 0 Å². The fraction of sp³-hybridized carbons (Fsp3) is 0.833. The van der Waals surface area contributed by atoms with E-state index in [-0.39, 0.29) is 31.4 Å². The second kappa shape index (κ2) is 6.55. The highest BCUT2D eigenvalue weighted by atomic mass is 32.2. The van der Waals surface area contributed by atoms with Crippen LogP contribution in [0, 0.1) is 0 Å². The van der Waals surface area contributed by atoms with Gasteiger partial charge in [0.05, 0.1) is 25.5 Å². The van der Waals surface area contributed by atoms with Crippen LogP contribution in [0.25, 0.3) is 0 Å². The van der Waals surface area contributed by atoms with Gasteiger partial charge in [0.25, 0.3) is 5.24 Å². The van der Waals surface area contributed by atoms with Crippen LogP contribution in [-0.4, -0.2) is 82.6 Å². The van der Waals surface area contributed by atoms with Crippen molar-refractivity contribution < 1.29 is 38.1 Å². The van der Waals surface area contributed by atoms with Gasteiger partial charge in [-0.3, -0.25) is 9.59 Å². The van der Waals surface area contributed by atoms with Gasteiger partial charge in [-0.2, -0.15) is 0 Å².